The van der Waals surface area contributed by atoms with Gasteiger partial charge < -0.3 is 10.4 Å². The normalized spacial score (nSPS) is 13.5. The van der Waals surface area contributed by atoms with Crippen molar-refractivity contribution in [3.63, 3.8) is 0 Å². The van der Waals surface area contributed by atoms with Crippen LogP contribution in [0.25, 0.3) is 0 Å². The third-order valence-corrected chi connectivity index (χ3v) is 3.44. The fraction of sp³-hybridized carbons (Fsp3) is 0.188. The average Bonchev–Trinajstić information content (AvgIpc) is 2.44. The van der Waals surface area contributed by atoms with Crippen molar-refractivity contribution in [2.24, 2.45) is 0 Å². The second-order valence-electron chi connectivity index (χ2n) is 5.00. The van der Waals surface area contributed by atoms with Crippen LogP contribution in [-0.4, -0.2) is 11.1 Å². The largest absolute Gasteiger partial charge is 0.479 e. The molecule has 5 heteroatoms. The van der Waals surface area contributed by atoms with E-state index in [1.807, 2.05) is 0 Å². The lowest BCUT2D eigenvalue weighted by Crippen LogP contribution is -2.40. The van der Waals surface area contributed by atoms with E-state index in [9.17, 15) is 18.7 Å². The summed E-state index contributed by atoms with van der Waals surface area (Å²) in [6.07, 6.45) is 0. The Morgan fingerprint density at radius 2 is 1.81 bits per heavy atom. The summed E-state index contributed by atoms with van der Waals surface area (Å²) in [5.74, 6) is -2.30. The fourth-order valence-corrected chi connectivity index (χ4v) is 1.98. The minimum Gasteiger partial charge on any atom is -0.479 e. The molecule has 1 atom stereocenters. The monoisotopic (exact) mass is 291 g/mol. The van der Waals surface area contributed by atoms with Crippen LogP contribution < -0.4 is 5.32 Å². The van der Waals surface area contributed by atoms with Gasteiger partial charge in [0, 0.05) is 0 Å². The van der Waals surface area contributed by atoms with Crippen LogP contribution in [0.2, 0.25) is 0 Å². The van der Waals surface area contributed by atoms with Gasteiger partial charge in [0.05, 0.1) is 5.69 Å². The molecular formula is C16H15F2NO2. The topological polar surface area (TPSA) is 49.3 Å². The van der Waals surface area contributed by atoms with Crippen LogP contribution in [0, 0.1) is 18.6 Å². The van der Waals surface area contributed by atoms with E-state index in [1.165, 1.54) is 37.3 Å². The van der Waals surface area contributed by atoms with E-state index in [-0.39, 0.29) is 11.3 Å². The Morgan fingerprint density at radius 1 is 1.14 bits per heavy atom. The van der Waals surface area contributed by atoms with Crippen molar-refractivity contribution in [3.05, 3.63) is 65.2 Å². The summed E-state index contributed by atoms with van der Waals surface area (Å²) in [7, 11) is 0. The fourth-order valence-electron chi connectivity index (χ4n) is 1.98. The van der Waals surface area contributed by atoms with Gasteiger partial charge in [0.2, 0.25) is 0 Å². The molecule has 0 saturated carbocycles. The maximum absolute atomic E-state index is 13.7. The van der Waals surface area contributed by atoms with E-state index >= 15 is 0 Å². The Hall–Kier alpha value is -2.43. The molecule has 0 aliphatic rings. The smallest absolute Gasteiger partial charge is 0.333 e. The number of anilines is 1. The molecule has 110 valence electrons. The summed E-state index contributed by atoms with van der Waals surface area (Å²) in [6, 6.07) is 9.90. The molecule has 0 fully saturated rings. The Morgan fingerprint density at radius 3 is 2.38 bits per heavy atom. The molecule has 0 amide bonds. The zero-order valence-corrected chi connectivity index (χ0v) is 11.7. The van der Waals surface area contributed by atoms with Crippen molar-refractivity contribution in [2.45, 2.75) is 19.4 Å². The number of carboxylic acids is 1. The van der Waals surface area contributed by atoms with Gasteiger partial charge in [-0.3, -0.25) is 0 Å². The highest BCUT2D eigenvalue weighted by atomic mass is 19.1. The zero-order chi connectivity index (χ0) is 15.6. The van der Waals surface area contributed by atoms with Gasteiger partial charge in [0.1, 0.15) is 11.6 Å². The first-order valence-electron chi connectivity index (χ1n) is 6.37. The number of para-hydroxylation sites is 1. The van der Waals surface area contributed by atoms with Gasteiger partial charge in [-0.05, 0) is 43.2 Å². The Balaban J connectivity index is 2.48. The first kappa shape index (κ1) is 15.0. The van der Waals surface area contributed by atoms with Gasteiger partial charge in [-0.15, -0.1) is 0 Å². The van der Waals surface area contributed by atoms with Crippen LogP contribution in [0.15, 0.2) is 42.5 Å². The number of aliphatic carboxylic acids is 1. The lowest BCUT2D eigenvalue weighted by molar-refractivity contribution is -0.142. The lowest BCUT2D eigenvalue weighted by atomic mass is 9.90. The van der Waals surface area contributed by atoms with Gasteiger partial charge in [0.25, 0.3) is 0 Å². The SMILES string of the molecule is Cc1ccc(C(C)(Nc2ccccc2F)C(=O)O)cc1F. The predicted molar refractivity (Wildman–Crippen MR) is 76.1 cm³/mol. The van der Waals surface area contributed by atoms with Crippen molar-refractivity contribution < 1.29 is 18.7 Å². The Bertz CT molecular complexity index is 688. The molecule has 0 aromatic heterocycles. The number of rotatable bonds is 4. The second kappa shape index (κ2) is 5.52. The Kier molecular flexibility index (Phi) is 3.93. The van der Waals surface area contributed by atoms with E-state index in [4.69, 9.17) is 0 Å². The van der Waals surface area contributed by atoms with Gasteiger partial charge in [-0.1, -0.05) is 24.3 Å². The van der Waals surface area contributed by atoms with Crippen molar-refractivity contribution in [1.82, 2.24) is 0 Å². The number of carboxylic acid groups (broad SMARTS) is 1. The van der Waals surface area contributed by atoms with Crippen LogP contribution in [-0.2, 0) is 10.3 Å². The molecule has 0 aliphatic heterocycles. The van der Waals surface area contributed by atoms with E-state index in [0.29, 0.717) is 5.56 Å². The van der Waals surface area contributed by atoms with E-state index in [0.717, 1.165) is 6.07 Å². The molecule has 21 heavy (non-hydrogen) atoms. The van der Waals surface area contributed by atoms with Crippen LogP contribution in [0.5, 0.6) is 0 Å². The summed E-state index contributed by atoms with van der Waals surface area (Å²) in [4.78, 5) is 11.6. The lowest BCUT2D eigenvalue weighted by Gasteiger charge is -2.28. The van der Waals surface area contributed by atoms with E-state index < -0.39 is 23.1 Å². The van der Waals surface area contributed by atoms with Crippen molar-refractivity contribution in [3.8, 4) is 0 Å². The number of nitrogens with one attached hydrogen (secondary N) is 1. The summed E-state index contributed by atoms with van der Waals surface area (Å²) >= 11 is 0. The highest BCUT2D eigenvalue weighted by Gasteiger charge is 2.36. The standard InChI is InChI=1S/C16H15F2NO2/c1-10-7-8-11(9-13(10)18)16(2,15(20)21)19-14-6-4-3-5-12(14)17/h3-9,19H,1-2H3,(H,20,21). The summed E-state index contributed by atoms with van der Waals surface area (Å²) in [5, 5.41) is 12.1. The third kappa shape index (κ3) is 2.86. The van der Waals surface area contributed by atoms with E-state index in [1.54, 1.807) is 13.0 Å². The zero-order valence-electron chi connectivity index (χ0n) is 11.7. The number of halogens is 2. The minimum absolute atomic E-state index is 0.0448. The quantitative estimate of drug-likeness (QED) is 0.903. The highest BCUT2D eigenvalue weighted by Crippen LogP contribution is 2.29. The van der Waals surface area contributed by atoms with Crippen LogP contribution >= 0.6 is 0 Å². The molecule has 0 heterocycles. The predicted octanol–water partition coefficient (Wildman–Crippen LogP) is 3.69. The van der Waals surface area contributed by atoms with Crippen molar-refractivity contribution in [1.29, 1.82) is 0 Å². The maximum Gasteiger partial charge on any atom is 0.333 e. The molecule has 0 bridgehead atoms. The first-order chi connectivity index (χ1) is 9.84. The number of hydrogen-bond donors (Lipinski definition) is 2. The third-order valence-electron chi connectivity index (χ3n) is 3.44. The van der Waals surface area contributed by atoms with Gasteiger partial charge in [-0.25, -0.2) is 13.6 Å². The van der Waals surface area contributed by atoms with Crippen molar-refractivity contribution >= 4 is 11.7 Å². The molecule has 2 N–H and O–H groups in total. The molecule has 0 spiro atoms. The van der Waals surface area contributed by atoms with Crippen molar-refractivity contribution in [2.75, 3.05) is 5.32 Å². The highest BCUT2D eigenvalue weighted by molar-refractivity contribution is 5.84. The maximum atomic E-state index is 13.7. The van der Waals surface area contributed by atoms with Gasteiger partial charge in [0.15, 0.2) is 5.54 Å². The van der Waals surface area contributed by atoms with Crippen LogP contribution in [0.1, 0.15) is 18.1 Å². The molecule has 3 nitrogen and oxygen atoms in total. The molecular weight excluding hydrogens is 276 g/mol. The van der Waals surface area contributed by atoms with Gasteiger partial charge >= 0.3 is 5.97 Å². The number of aryl methyl sites for hydroxylation is 1. The number of benzene rings is 2. The second-order valence-corrected chi connectivity index (χ2v) is 5.00. The van der Waals surface area contributed by atoms with Crippen LogP contribution in [0.4, 0.5) is 14.5 Å². The first-order valence-corrected chi connectivity index (χ1v) is 6.37. The summed E-state index contributed by atoms with van der Waals surface area (Å²) in [5.41, 5.74) is -0.974. The molecule has 2 aromatic carbocycles. The summed E-state index contributed by atoms with van der Waals surface area (Å²) < 4.78 is 27.4. The number of carbonyl (C=O) groups is 1. The molecule has 0 saturated heterocycles. The van der Waals surface area contributed by atoms with E-state index in [2.05, 4.69) is 5.32 Å². The molecule has 0 radical (unpaired) electrons. The summed E-state index contributed by atoms with van der Waals surface area (Å²) in [6.45, 7) is 2.95. The minimum atomic E-state index is -1.64. The Labute approximate surface area is 121 Å². The molecule has 1 unspecified atom stereocenters. The molecule has 2 rings (SSSR count). The molecule has 0 aliphatic carbocycles. The number of hydrogen-bond acceptors (Lipinski definition) is 2. The van der Waals surface area contributed by atoms with Crippen LogP contribution in [0.3, 0.4) is 0 Å². The molecule has 2 aromatic rings. The van der Waals surface area contributed by atoms with Gasteiger partial charge in [-0.2, -0.15) is 0 Å². The average molecular weight is 291 g/mol.